The van der Waals surface area contributed by atoms with Crippen molar-refractivity contribution in [2.45, 2.75) is 31.7 Å². The molecule has 0 spiro atoms. The topological polar surface area (TPSA) is 25.2 Å². The van der Waals surface area contributed by atoms with E-state index in [-0.39, 0.29) is 17.4 Å². The van der Waals surface area contributed by atoms with Gasteiger partial charge in [0.05, 0.1) is 5.69 Å². The van der Waals surface area contributed by atoms with E-state index < -0.39 is 7.29 Å². The molecule has 4 unspecified atom stereocenters. The maximum atomic E-state index is 15.8. The Hall–Kier alpha value is -4.33. The molecule has 5 aromatic carbocycles. The number of rotatable bonds is 1. The number of nitrogens with zero attached hydrogens (tertiary/aromatic N) is 2. The zero-order valence-corrected chi connectivity index (χ0v) is 24.6. The monoisotopic (exact) mass is 562 g/mol. The summed E-state index contributed by atoms with van der Waals surface area (Å²) in [5.74, 6) is 0.330. The molecule has 1 aliphatic carbocycles. The molecule has 9 rings (SSSR count). The Bertz CT molecular complexity index is 2120. The molecule has 0 saturated carbocycles. The SMILES string of the molecule is CC1C2C(=CCC1(C)n1c3ccccc3c3ccccc31)N1c3ccccc3-c3ccccc3P1(=O)c1ccccc12. The molecule has 42 heavy (non-hydrogen) atoms. The van der Waals surface area contributed by atoms with Crippen LogP contribution in [0.2, 0.25) is 0 Å². The van der Waals surface area contributed by atoms with Gasteiger partial charge in [0.15, 0.2) is 0 Å². The van der Waals surface area contributed by atoms with E-state index in [1.54, 1.807) is 0 Å². The predicted octanol–water partition coefficient (Wildman–Crippen LogP) is 8.95. The van der Waals surface area contributed by atoms with Crippen LogP contribution in [0.25, 0.3) is 32.9 Å². The average molecular weight is 563 g/mol. The molecule has 3 nitrogen and oxygen atoms in total. The van der Waals surface area contributed by atoms with E-state index in [2.05, 4.69) is 144 Å². The largest absolute Gasteiger partial charge is 0.334 e. The van der Waals surface area contributed by atoms with Crippen molar-refractivity contribution in [3.05, 3.63) is 139 Å². The van der Waals surface area contributed by atoms with Crippen LogP contribution >= 0.6 is 7.29 Å². The highest BCUT2D eigenvalue weighted by Crippen LogP contribution is 2.67. The Morgan fingerprint density at radius 1 is 0.690 bits per heavy atom. The van der Waals surface area contributed by atoms with Crippen LogP contribution < -0.4 is 15.3 Å². The average Bonchev–Trinajstić information content (AvgIpc) is 3.38. The molecule has 0 amide bonds. The molecule has 0 N–H and O–H groups in total. The number of aromatic nitrogens is 1. The van der Waals surface area contributed by atoms with Gasteiger partial charge in [-0.1, -0.05) is 104 Å². The highest BCUT2D eigenvalue weighted by molar-refractivity contribution is 7.81. The van der Waals surface area contributed by atoms with Crippen LogP contribution in [0.15, 0.2) is 133 Å². The van der Waals surface area contributed by atoms with Crippen LogP contribution in [0.4, 0.5) is 5.69 Å². The van der Waals surface area contributed by atoms with Gasteiger partial charge in [-0.25, -0.2) is 0 Å². The second kappa shape index (κ2) is 8.37. The summed E-state index contributed by atoms with van der Waals surface area (Å²) in [4.78, 5) is 0. The van der Waals surface area contributed by atoms with Gasteiger partial charge in [0.1, 0.15) is 0 Å². The van der Waals surface area contributed by atoms with Crippen LogP contribution in [-0.4, -0.2) is 4.57 Å². The van der Waals surface area contributed by atoms with E-state index in [1.807, 2.05) is 6.07 Å². The minimum Gasteiger partial charge on any atom is -0.334 e. The van der Waals surface area contributed by atoms with Crippen LogP contribution in [0.1, 0.15) is 31.7 Å². The summed E-state index contributed by atoms with van der Waals surface area (Å²) in [6.07, 6.45) is 3.27. The molecule has 4 heteroatoms. The van der Waals surface area contributed by atoms with Gasteiger partial charge in [-0.3, -0.25) is 9.24 Å². The molecular formula is C38H31N2OP. The molecule has 3 heterocycles. The molecule has 3 aliphatic rings. The first-order valence-electron chi connectivity index (χ1n) is 14.9. The first kappa shape index (κ1) is 24.3. The zero-order valence-electron chi connectivity index (χ0n) is 23.7. The van der Waals surface area contributed by atoms with Gasteiger partial charge >= 0.3 is 0 Å². The van der Waals surface area contributed by atoms with Gasteiger partial charge in [-0.05, 0) is 60.7 Å². The highest BCUT2D eigenvalue weighted by Gasteiger charge is 2.55. The fourth-order valence-electron chi connectivity index (χ4n) is 8.33. The van der Waals surface area contributed by atoms with E-state index in [4.69, 9.17) is 0 Å². The lowest BCUT2D eigenvalue weighted by Crippen LogP contribution is -2.50. The summed E-state index contributed by atoms with van der Waals surface area (Å²) in [5, 5.41) is 4.52. The van der Waals surface area contributed by atoms with Crippen LogP contribution in [-0.2, 0) is 10.1 Å². The van der Waals surface area contributed by atoms with E-state index in [0.29, 0.717) is 0 Å². The van der Waals surface area contributed by atoms with Gasteiger partial charge in [0.2, 0.25) is 7.29 Å². The second-order valence-corrected chi connectivity index (χ2v) is 14.8. The number of hydrogen-bond acceptors (Lipinski definition) is 1. The van der Waals surface area contributed by atoms with Crippen molar-refractivity contribution in [1.29, 1.82) is 0 Å². The Morgan fingerprint density at radius 3 is 2.00 bits per heavy atom. The van der Waals surface area contributed by atoms with Crippen molar-refractivity contribution in [3.63, 3.8) is 0 Å². The molecule has 4 atom stereocenters. The number of benzene rings is 5. The quantitative estimate of drug-likeness (QED) is 0.187. The first-order valence-corrected chi connectivity index (χ1v) is 16.6. The van der Waals surface area contributed by atoms with E-state index in [0.717, 1.165) is 33.8 Å². The van der Waals surface area contributed by atoms with Crippen LogP contribution in [0.3, 0.4) is 0 Å². The lowest BCUT2D eigenvalue weighted by Gasteiger charge is -2.54. The molecule has 1 aromatic heterocycles. The third kappa shape index (κ3) is 2.85. The molecular weight excluding hydrogens is 531 g/mol. The normalized spacial score (nSPS) is 25.7. The Kier molecular flexibility index (Phi) is 4.84. The second-order valence-electron chi connectivity index (χ2n) is 12.3. The molecule has 0 bridgehead atoms. The smallest absolute Gasteiger partial charge is 0.234 e. The fourth-order valence-corrected chi connectivity index (χ4v) is 11.7. The van der Waals surface area contributed by atoms with E-state index >= 15 is 4.57 Å². The summed E-state index contributed by atoms with van der Waals surface area (Å²) < 4.78 is 20.7. The summed E-state index contributed by atoms with van der Waals surface area (Å²) in [5.41, 5.74) is 8.04. The summed E-state index contributed by atoms with van der Waals surface area (Å²) in [6, 6.07) is 43.1. The van der Waals surface area contributed by atoms with Crippen molar-refractivity contribution in [1.82, 2.24) is 4.57 Å². The third-order valence-electron chi connectivity index (χ3n) is 10.4. The summed E-state index contributed by atoms with van der Waals surface area (Å²) in [6.45, 7) is 4.85. The van der Waals surface area contributed by atoms with Gasteiger partial charge in [-0.15, -0.1) is 0 Å². The van der Waals surface area contributed by atoms with Gasteiger partial charge < -0.3 is 4.57 Å². The Balaban J connectivity index is 1.34. The highest BCUT2D eigenvalue weighted by atomic mass is 31.2. The standard InChI is InChI=1S/C38H31N2OP/c1-25-37-30-17-7-12-22-36(30)42(41)35-21-11-6-16-29(35)28-15-5-10-20-33(28)40(42)34(37)23-24-38(25,2)39-31-18-8-3-13-26(31)27-14-4-9-19-32(27)39/h3-23,25,37H,24H2,1-2H3. The van der Waals surface area contributed by atoms with Gasteiger partial charge in [0.25, 0.3) is 0 Å². The van der Waals surface area contributed by atoms with Crippen molar-refractivity contribution < 1.29 is 4.57 Å². The lowest BCUT2D eigenvalue weighted by molar-refractivity contribution is 0.186. The number of hydrogen-bond donors (Lipinski definition) is 0. The van der Waals surface area contributed by atoms with Crippen molar-refractivity contribution in [3.8, 4) is 11.1 Å². The molecule has 0 radical (unpaired) electrons. The van der Waals surface area contributed by atoms with Crippen molar-refractivity contribution in [2.75, 3.05) is 4.67 Å². The van der Waals surface area contributed by atoms with Crippen LogP contribution in [0.5, 0.6) is 0 Å². The minimum absolute atomic E-state index is 0.0975. The molecule has 2 aliphatic heterocycles. The Labute approximate surface area is 246 Å². The molecule has 6 aromatic rings. The molecule has 0 fully saturated rings. The minimum atomic E-state index is -3.17. The van der Waals surface area contributed by atoms with E-state index in [9.17, 15) is 0 Å². The third-order valence-corrected chi connectivity index (χ3v) is 13.5. The maximum absolute atomic E-state index is 15.8. The lowest BCUT2D eigenvalue weighted by atomic mass is 9.67. The Morgan fingerprint density at radius 2 is 1.26 bits per heavy atom. The molecule has 0 saturated heterocycles. The van der Waals surface area contributed by atoms with Crippen molar-refractivity contribution in [2.24, 2.45) is 5.92 Å². The summed E-state index contributed by atoms with van der Waals surface area (Å²) >= 11 is 0. The number of anilines is 1. The molecule has 204 valence electrons. The fraction of sp³-hybridized carbons (Fsp3) is 0.158. The maximum Gasteiger partial charge on any atom is 0.234 e. The summed E-state index contributed by atoms with van der Waals surface area (Å²) in [7, 11) is -3.17. The first-order chi connectivity index (χ1) is 20.5. The van der Waals surface area contributed by atoms with E-state index in [1.165, 1.54) is 33.1 Å². The van der Waals surface area contributed by atoms with Gasteiger partial charge in [0, 0.05) is 55.1 Å². The van der Waals surface area contributed by atoms with Gasteiger partial charge in [-0.2, -0.15) is 0 Å². The van der Waals surface area contributed by atoms with Crippen molar-refractivity contribution >= 4 is 45.4 Å². The number of allylic oxidation sites excluding steroid dienone is 2. The number of fused-ring (bicyclic) bond motifs is 14. The zero-order chi connectivity index (χ0) is 28.2. The number of para-hydroxylation sites is 3. The predicted molar refractivity (Wildman–Crippen MR) is 175 cm³/mol. The van der Waals surface area contributed by atoms with Crippen LogP contribution in [0, 0.1) is 5.92 Å².